The van der Waals surface area contributed by atoms with Crippen molar-refractivity contribution in [2.45, 2.75) is 17.9 Å². The Labute approximate surface area is 146 Å². The lowest BCUT2D eigenvalue weighted by Crippen LogP contribution is -2.20. The molecule has 5 nitrogen and oxygen atoms in total. The Kier molecular flexibility index (Phi) is 6.96. The van der Waals surface area contributed by atoms with Crippen LogP contribution in [0.25, 0.3) is 0 Å². The van der Waals surface area contributed by atoms with Gasteiger partial charge in [0, 0.05) is 23.3 Å². The van der Waals surface area contributed by atoms with Crippen LogP contribution in [-0.2, 0) is 4.79 Å². The summed E-state index contributed by atoms with van der Waals surface area (Å²) in [6, 6.07) is 14.7. The lowest BCUT2D eigenvalue weighted by molar-refractivity contribution is -0.114. The van der Waals surface area contributed by atoms with Gasteiger partial charge in [0.2, 0.25) is 5.91 Å². The van der Waals surface area contributed by atoms with Crippen LogP contribution in [0.1, 0.15) is 6.92 Å². The molecule has 0 saturated carbocycles. The van der Waals surface area contributed by atoms with Crippen molar-refractivity contribution in [2.75, 3.05) is 24.8 Å². The van der Waals surface area contributed by atoms with E-state index in [4.69, 9.17) is 9.47 Å². The summed E-state index contributed by atoms with van der Waals surface area (Å²) in [5.41, 5.74) is 0.759. The van der Waals surface area contributed by atoms with Crippen LogP contribution in [0.4, 0.5) is 5.69 Å². The number of carbonyl (C=O) groups is 1. The normalized spacial score (nSPS) is 11.6. The number of amides is 1. The summed E-state index contributed by atoms with van der Waals surface area (Å²) in [7, 11) is 1.61. The highest BCUT2D eigenvalue weighted by molar-refractivity contribution is 7.99. The number of aliphatic hydroxyl groups excluding tert-OH is 1. The van der Waals surface area contributed by atoms with E-state index in [0.29, 0.717) is 11.5 Å². The second-order valence-electron chi connectivity index (χ2n) is 5.16. The van der Waals surface area contributed by atoms with Crippen LogP contribution in [-0.4, -0.2) is 36.6 Å². The molecule has 2 N–H and O–H groups in total. The summed E-state index contributed by atoms with van der Waals surface area (Å²) in [4.78, 5) is 12.0. The predicted molar refractivity (Wildman–Crippen MR) is 96.0 cm³/mol. The molecule has 2 aromatic carbocycles. The van der Waals surface area contributed by atoms with Gasteiger partial charge in [0.05, 0.1) is 13.2 Å². The van der Waals surface area contributed by atoms with E-state index in [9.17, 15) is 9.90 Å². The SMILES string of the molecule is COc1ccc(OCC(O)CSc2ccc(NC(C)=O)cc2)cc1. The first-order valence-electron chi connectivity index (χ1n) is 7.52. The van der Waals surface area contributed by atoms with Crippen molar-refractivity contribution in [3.63, 3.8) is 0 Å². The maximum absolute atomic E-state index is 11.0. The molecule has 0 heterocycles. The molecular formula is C18H21NO4S. The second-order valence-corrected chi connectivity index (χ2v) is 6.25. The standard InChI is InChI=1S/C18H21NO4S/c1-13(20)19-14-3-9-18(10-4-14)24-12-15(21)11-23-17-7-5-16(22-2)6-8-17/h3-10,15,21H,11-12H2,1-2H3,(H,19,20). The number of methoxy groups -OCH3 is 1. The van der Waals surface area contributed by atoms with E-state index in [1.807, 2.05) is 36.4 Å². The third-order valence-electron chi connectivity index (χ3n) is 3.12. The zero-order chi connectivity index (χ0) is 17.4. The summed E-state index contributed by atoms with van der Waals surface area (Å²) in [5, 5.41) is 12.7. The van der Waals surface area contributed by atoms with Gasteiger partial charge in [0.1, 0.15) is 18.1 Å². The molecule has 0 saturated heterocycles. The van der Waals surface area contributed by atoms with Crippen LogP contribution in [0.3, 0.4) is 0 Å². The number of rotatable bonds is 8. The number of aliphatic hydroxyl groups is 1. The van der Waals surface area contributed by atoms with Crippen molar-refractivity contribution in [1.82, 2.24) is 0 Å². The van der Waals surface area contributed by atoms with Crippen molar-refractivity contribution < 1.29 is 19.4 Å². The van der Waals surface area contributed by atoms with Crippen molar-refractivity contribution in [1.29, 1.82) is 0 Å². The third-order valence-corrected chi connectivity index (χ3v) is 4.28. The molecule has 0 aliphatic heterocycles. The average molecular weight is 347 g/mol. The van der Waals surface area contributed by atoms with Crippen molar-refractivity contribution in [2.24, 2.45) is 0 Å². The predicted octanol–water partition coefficient (Wildman–Crippen LogP) is 3.19. The van der Waals surface area contributed by atoms with E-state index in [2.05, 4.69) is 5.32 Å². The van der Waals surface area contributed by atoms with Crippen LogP contribution in [0.5, 0.6) is 11.5 Å². The fourth-order valence-corrected chi connectivity index (χ4v) is 2.75. The molecule has 2 aromatic rings. The number of benzene rings is 2. The number of thioether (sulfide) groups is 1. The number of anilines is 1. The molecule has 0 radical (unpaired) electrons. The molecule has 0 aliphatic carbocycles. The smallest absolute Gasteiger partial charge is 0.221 e. The molecule has 6 heteroatoms. The van der Waals surface area contributed by atoms with Gasteiger partial charge < -0.3 is 19.9 Å². The highest BCUT2D eigenvalue weighted by Gasteiger charge is 2.07. The summed E-state index contributed by atoms with van der Waals surface area (Å²) < 4.78 is 10.6. The molecule has 0 bridgehead atoms. The zero-order valence-electron chi connectivity index (χ0n) is 13.7. The summed E-state index contributed by atoms with van der Waals surface area (Å²) in [6.45, 7) is 1.70. The summed E-state index contributed by atoms with van der Waals surface area (Å²) in [6.07, 6.45) is -0.577. The molecule has 0 fully saturated rings. The first-order valence-corrected chi connectivity index (χ1v) is 8.51. The summed E-state index contributed by atoms with van der Waals surface area (Å²) in [5.74, 6) is 1.89. The van der Waals surface area contributed by atoms with Gasteiger partial charge in [0.25, 0.3) is 0 Å². The van der Waals surface area contributed by atoms with E-state index >= 15 is 0 Å². The number of hydrogen-bond acceptors (Lipinski definition) is 5. The minimum absolute atomic E-state index is 0.0958. The van der Waals surface area contributed by atoms with Crippen molar-refractivity contribution >= 4 is 23.4 Å². The van der Waals surface area contributed by atoms with Crippen LogP contribution in [0.15, 0.2) is 53.4 Å². The molecule has 24 heavy (non-hydrogen) atoms. The molecule has 0 spiro atoms. The van der Waals surface area contributed by atoms with Crippen LogP contribution >= 0.6 is 11.8 Å². The first-order chi connectivity index (χ1) is 11.6. The van der Waals surface area contributed by atoms with Crippen molar-refractivity contribution in [3.8, 4) is 11.5 Å². The van der Waals surface area contributed by atoms with Crippen LogP contribution in [0.2, 0.25) is 0 Å². The zero-order valence-corrected chi connectivity index (χ0v) is 14.5. The second kappa shape index (κ2) is 9.20. The Bertz CT molecular complexity index is 643. The quantitative estimate of drug-likeness (QED) is 0.718. The number of carbonyl (C=O) groups excluding carboxylic acids is 1. The minimum Gasteiger partial charge on any atom is -0.497 e. The molecular weight excluding hydrogens is 326 g/mol. The number of hydrogen-bond donors (Lipinski definition) is 2. The monoisotopic (exact) mass is 347 g/mol. The van der Waals surface area contributed by atoms with Gasteiger partial charge in [-0.3, -0.25) is 4.79 Å². The Morgan fingerprint density at radius 3 is 2.33 bits per heavy atom. The van der Waals surface area contributed by atoms with Gasteiger partial charge in [-0.15, -0.1) is 11.8 Å². The maximum Gasteiger partial charge on any atom is 0.221 e. The summed E-state index contributed by atoms with van der Waals surface area (Å²) >= 11 is 1.53. The molecule has 2 rings (SSSR count). The fourth-order valence-electron chi connectivity index (χ4n) is 1.94. The van der Waals surface area contributed by atoms with E-state index < -0.39 is 6.10 Å². The van der Waals surface area contributed by atoms with Gasteiger partial charge in [-0.1, -0.05) is 0 Å². The molecule has 1 unspecified atom stereocenters. The molecule has 1 amide bonds. The molecule has 0 aliphatic rings. The van der Waals surface area contributed by atoms with Crippen molar-refractivity contribution in [3.05, 3.63) is 48.5 Å². The Hall–Kier alpha value is -2.18. The van der Waals surface area contributed by atoms with E-state index in [-0.39, 0.29) is 12.5 Å². The van der Waals surface area contributed by atoms with Crippen LogP contribution in [0, 0.1) is 0 Å². The van der Waals surface area contributed by atoms with E-state index in [1.165, 1.54) is 18.7 Å². The lowest BCUT2D eigenvalue weighted by atomic mass is 10.3. The number of nitrogens with one attached hydrogen (secondary N) is 1. The average Bonchev–Trinajstić information content (AvgIpc) is 2.59. The van der Waals surface area contributed by atoms with Gasteiger partial charge in [0.15, 0.2) is 0 Å². The van der Waals surface area contributed by atoms with Gasteiger partial charge >= 0.3 is 0 Å². The minimum atomic E-state index is -0.577. The lowest BCUT2D eigenvalue weighted by Gasteiger charge is -2.12. The molecule has 128 valence electrons. The topological polar surface area (TPSA) is 67.8 Å². The Balaban J connectivity index is 1.73. The Morgan fingerprint density at radius 2 is 1.75 bits per heavy atom. The first kappa shape index (κ1) is 18.2. The highest BCUT2D eigenvalue weighted by atomic mass is 32.2. The largest absolute Gasteiger partial charge is 0.497 e. The molecule has 0 aromatic heterocycles. The van der Waals surface area contributed by atoms with Crippen LogP contribution < -0.4 is 14.8 Å². The van der Waals surface area contributed by atoms with Gasteiger partial charge in [-0.25, -0.2) is 0 Å². The fraction of sp³-hybridized carbons (Fsp3) is 0.278. The Morgan fingerprint density at radius 1 is 1.12 bits per heavy atom. The highest BCUT2D eigenvalue weighted by Crippen LogP contribution is 2.22. The third kappa shape index (κ3) is 6.14. The molecule has 1 atom stereocenters. The van der Waals surface area contributed by atoms with E-state index in [0.717, 1.165) is 16.3 Å². The van der Waals surface area contributed by atoms with Gasteiger partial charge in [-0.2, -0.15) is 0 Å². The number of ether oxygens (including phenoxy) is 2. The van der Waals surface area contributed by atoms with E-state index in [1.54, 1.807) is 19.2 Å². The maximum atomic E-state index is 11.0. The van der Waals surface area contributed by atoms with Gasteiger partial charge in [-0.05, 0) is 48.5 Å².